The van der Waals surface area contributed by atoms with Gasteiger partial charge in [0.2, 0.25) is 0 Å². The van der Waals surface area contributed by atoms with Gasteiger partial charge in [-0.15, -0.1) is 0 Å². The molecule has 0 amide bonds. The van der Waals surface area contributed by atoms with Crippen molar-refractivity contribution in [3.05, 3.63) is 78.7 Å². The standard InChI is InChI=1S/C14H31N2.C14H22.C11H18N.C8H15N2.2C4H10.4BH4/c1-11(2)15-12(3,4)13(5,6)16(9,10)14(15,7)8;1-8(2)14-12(6)10(4)9(3)11(5)13(14)7;1-7-8(2)10(4)12(6)11(5)9(7)3;1-6-7(2)10(5)8(3)9(6)4;2*1-4(2)3;;;;/h11H,1-10H3;8H,1-7H3;1-6H3;1-5H3;2*4H,1-3H3;4*1H4/q+1;;2*+1;;;4*-1. The average molecular weight is 897 g/mol. The van der Waals surface area contributed by atoms with Gasteiger partial charge in [0.15, 0.2) is 17.1 Å². The Morgan fingerprint density at radius 1 is 0.453 bits per heavy atom. The Bertz CT molecular complexity index is 1610. The second-order valence-electron chi connectivity index (χ2n) is 22.1. The van der Waals surface area contributed by atoms with Crippen LogP contribution in [0.3, 0.4) is 0 Å². The number of hydrogen-bond acceptors (Lipinski definition) is 1. The molecular formula is C55H122B4N5-. The van der Waals surface area contributed by atoms with E-state index in [1.807, 2.05) is 0 Å². The Labute approximate surface area is 410 Å². The highest BCUT2D eigenvalue weighted by Crippen LogP contribution is 2.53. The normalized spacial score (nSPS) is 14.9. The number of quaternary nitrogens is 1. The van der Waals surface area contributed by atoms with Gasteiger partial charge in [-0.3, -0.25) is 0 Å². The van der Waals surface area contributed by atoms with Crippen LogP contribution in [-0.2, 0) is 21.1 Å². The van der Waals surface area contributed by atoms with E-state index in [0.717, 1.165) is 16.3 Å². The predicted octanol–water partition coefficient (Wildman–Crippen LogP) is 7.78. The molecule has 1 aliphatic heterocycles. The van der Waals surface area contributed by atoms with E-state index in [0.29, 0.717) is 12.0 Å². The Hall–Kier alpha value is -2.24. The van der Waals surface area contributed by atoms with E-state index < -0.39 is 0 Å². The molecule has 0 aliphatic carbocycles. The van der Waals surface area contributed by atoms with Crippen LogP contribution in [0.15, 0.2) is 0 Å². The molecule has 64 heavy (non-hydrogen) atoms. The molecule has 380 valence electrons. The maximum Gasteiger partial charge on any atom is 0.253 e. The van der Waals surface area contributed by atoms with E-state index >= 15 is 0 Å². The lowest BCUT2D eigenvalue weighted by atomic mass is 9.81. The van der Waals surface area contributed by atoms with Gasteiger partial charge >= 0.3 is 0 Å². The molecule has 0 radical (unpaired) electrons. The number of benzene rings is 1. The zero-order valence-corrected chi connectivity index (χ0v) is 47.0. The monoisotopic (exact) mass is 897 g/mol. The third kappa shape index (κ3) is 16.2. The Kier molecular flexibility index (Phi) is 32.3. The highest BCUT2D eigenvalue weighted by Gasteiger charge is 2.69. The minimum atomic E-state index is 0. The van der Waals surface area contributed by atoms with Crippen LogP contribution in [-0.4, -0.2) is 84.5 Å². The summed E-state index contributed by atoms with van der Waals surface area (Å²) in [5.74, 6) is 3.60. The maximum absolute atomic E-state index is 2.68. The molecule has 0 atom stereocenters. The van der Waals surface area contributed by atoms with Crippen molar-refractivity contribution in [2.45, 2.75) is 229 Å². The zero-order chi connectivity index (χ0) is 48.7. The molecule has 4 rings (SSSR count). The Morgan fingerprint density at radius 2 is 0.734 bits per heavy atom. The summed E-state index contributed by atoms with van der Waals surface area (Å²) in [4.78, 5) is 2.68. The highest BCUT2D eigenvalue weighted by molar-refractivity contribution is 5.76. The van der Waals surface area contributed by atoms with Crippen molar-refractivity contribution in [1.29, 1.82) is 0 Å². The minimum Gasteiger partial charge on any atom is -0.306 e. The molecule has 2 aromatic heterocycles. The maximum atomic E-state index is 2.68. The van der Waals surface area contributed by atoms with Gasteiger partial charge in [0, 0.05) is 65.6 Å². The molecule has 3 aromatic rings. The first kappa shape index (κ1) is 73.3. The van der Waals surface area contributed by atoms with Crippen LogP contribution in [0.25, 0.3) is 0 Å². The predicted molar refractivity (Wildman–Crippen MR) is 314 cm³/mol. The summed E-state index contributed by atoms with van der Waals surface area (Å²) in [6, 6.07) is 0.573. The molecule has 3 heterocycles. The van der Waals surface area contributed by atoms with Crippen molar-refractivity contribution < 1.29 is 13.6 Å². The number of hydrogen-bond donors (Lipinski definition) is 0. The van der Waals surface area contributed by atoms with Gasteiger partial charge in [-0.1, -0.05) is 89.0 Å². The first-order valence-corrected chi connectivity index (χ1v) is 23.3. The molecule has 1 fully saturated rings. The fraction of sp³-hybridized carbons (Fsp3) is 0.745. The number of likely N-dealkylation sites (N-methyl/N-ethyl adjacent to an activating group) is 1. The molecule has 1 aromatic carbocycles. The smallest absolute Gasteiger partial charge is 0.253 e. The van der Waals surface area contributed by atoms with E-state index in [1.165, 1.54) is 73.1 Å². The van der Waals surface area contributed by atoms with Crippen LogP contribution in [0.2, 0.25) is 0 Å². The van der Waals surface area contributed by atoms with Crippen LogP contribution in [0, 0.1) is 102 Å². The molecule has 0 unspecified atom stereocenters. The van der Waals surface area contributed by atoms with Gasteiger partial charge in [0.05, 0.1) is 33.7 Å². The number of rotatable bonds is 2. The summed E-state index contributed by atoms with van der Waals surface area (Å²) in [5.41, 5.74) is 19.2. The molecule has 1 aliphatic rings. The van der Waals surface area contributed by atoms with Gasteiger partial charge in [-0.25, -0.2) is 18.6 Å². The molecule has 5 nitrogen and oxygen atoms in total. The number of nitrogens with zero attached hydrogens (tertiary/aromatic N) is 5. The largest absolute Gasteiger partial charge is 0.306 e. The van der Waals surface area contributed by atoms with Gasteiger partial charge in [0.25, 0.3) is 5.82 Å². The van der Waals surface area contributed by atoms with Crippen molar-refractivity contribution in [2.24, 2.45) is 33.0 Å². The zero-order valence-electron chi connectivity index (χ0n) is 47.0. The number of aromatic nitrogens is 3. The van der Waals surface area contributed by atoms with Crippen molar-refractivity contribution in [1.82, 2.24) is 9.47 Å². The van der Waals surface area contributed by atoms with Gasteiger partial charge in [-0.05, 0) is 154 Å². The van der Waals surface area contributed by atoms with Gasteiger partial charge < -0.3 is 4.48 Å². The summed E-state index contributed by atoms with van der Waals surface area (Å²) in [6.45, 7) is 65.1. The van der Waals surface area contributed by atoms with Crippen molar-refractivity contribution in [3.63, 3.8) is 0 Å². The minimum absolute atomic E-state index is 0. The van der Waals surface area contributed by atoms with Crippen LogP contribution in [0.5, 0.6) is 0 Å². The van der Waals surface area contributed by atoms with Gasteiger partial charge in [-0.2, -0.15) is 0 Å². The van der Waals surface area contributed by atoms with Crippen molar-refractivity contribution in [2.75, 3.05) is 14.1 Å². The highest BCUT2D eigenvalue weighted by atomic mass is 15.6. The van der Waals surface area contributed by atoms with E-state index in [2.05, 4.69) is 255 Å². The van der Waals surface area contributed by atoms with Crippen LogP contribution in [0.4, 0.5) is 0 Å². The number of pyridine rings is 1. The molecular weight excluding hydrogens is 774 g/mol. The lowest BCUT2D eigenvalue weighted by Crippen LogP contribution is -2.64. The Balaban J connectivity index is -0.000000164. The lowest BCUT2D eigenvalue weighted by molar-refractivity contribution is -0.974. The second-order valence-corrected chi connectivity index (χ2v) is 22.1. The second kappa shape index (κ2) is 28.2. The van der Waals surface area contributed by atoms with Gasteiger partial charge in [0.1, 0.15) is 24.0 Å². The van der Waals surface area contributed by atoms with E-state index in [-0.39, 0.29) is 50.4 Å². The van der Waals surface area contributed by atoms with Crippen molar-refractivity contribution >= 4 is 33.7 Å². The summed E-state index contributed by atoms with van der Waals surface area (Å²) in [5, 5.41) is 0. The molecule has 0 N–H and O–H groups in total. The summed E-state index contributed by atoms with van der Waals surface area (Å²) in [6.07, 6.45) is 0. The van der Waals surface area contributed by atoms with Crippen LogP contribution in [0.1, 0.15) is 195 Å². The third-order valence-corrected chi connectivity index (χ3v) is 15.3. The summed E-state index contributed by atoms with van der Waals surface area (Å²) < 4.78 is 7.70. The molecule has 0 spiro atoms. The topological polar surface area (TPSA) is 15.9 Å². The van der Waals surface area contributed by atoms with Crippen LogP contribution < -0.4 is 9.13 Å². The molecule has 9 heteroatoms. The summed E-state index contributed by atoms with van der Waals surface area (Å²) in [7, 11) is 11.0. The summed E-state index contributed by atoms with van der Waals surface area (Å²) >= 11 is 0. The number of imidazole rings is 1. The molecule has 1 saturated heterocycles. The van der Waals surface area contributed by atoms with E-state index in [1.54, 1.807) is 5.56 Å². The van der Waals surface area contributed by atoms with E-state index in [9.17, 15) is 0 Å². The molecule has 0 saturated carbocycles. The Morgan fingerprint density at radius 3 is 0.906 bits per heavy atom. The SMILES string of the molecule is CC(C)C.CC(C)C.CC(C)N1C(C)(C)C(C)(C)[N+](C)(C)C1(C)C.Cc1c(C)[n+](C)c(C)n1C.Cc1c(C)c(C)[n+](C)c(C)c1C.Cc1c(C)c(C)c(C(C)C)c(C)c1C.[BH4-].[BH4-].[BH4-].[BH4-]. The third-order valence-electron chi connectivity index (χ3n) is 15.3. The van der Waals surface area contributed by atoms with Crippen LogP contribution >= 0.6 is 0 Å². The fourth-order valence-electron chi connectivity index (χ4n) is 9.06. The van der Waals surface area contributed by atoms with Crippen molar-refractivity contribution in [3.8, 4) is 0 Å². The quantitative estimate of drug-likeness (QED) is 0.146. The first-order chi connectivity index (χ1) is 26.7. The fourth-order valence-corrected chi connectivity index (χ4v) is 9.06. The van der Waals surface area contributed by atoms with E-state index in [4.69, 9.17) is 0 Å². The molecule has 0 bridgehead atoms. The average Bonchev–Trinajstić information content (AvgIpc) is 3.31. The first-order valence-electron chi connectivity index (χ1n) is 23.3. The lowest BCUT2D eigenvalue weighted by Gasteiger charge is -2.48.